The van der Waals surface area contributed by atoms with Gasteiger partial charge in [-0.2, -0.15) is 9.97 Å². The number of nitrogens with zero attached hydrogens (tertiary/aromatic N) is 4. The fourth-order valence-electron chi connectivity index (χ4n) is 5.79. The number of benzene rings is 1. The molecule has 4 saturated heterocycles. The van der Waals surface area contributed by atoms with Crippen LogP contribution in [-0.4, -0.2) is 76.0 Å². The van der Waals surface area contributed by atoms with Crippen LogP contribution in [0.2, 0.25) is 5.02 Å². The number of hydrogen-bond donors (Lipinski definition) is 1. The zero-order valence-corrected chi connectivity index (χ0v) is 24.6. The van der Waals surface area contributed by atoms with Crippen molar-refractivity contribution in [3.8, 4) is 5.88 Å². The Morgan fingerprint density at radius 3 is 2.93 bits per heavy atom. The van der Waals surface area contributed by atoms with Crippen LogP contribution in [0, 0.1) is 0 Å². The predicted molar refractivity (Wildman–Crippen MR) is 147 cm³/mol. The van der Waals surface area contributed by atoms with E-state index < -0.39 is 44.1 Å². The Hall–Kier alpha value is -3.04. The summed E-state index contributed by atoms with van der Waals surface area (Å²) in [6.45, 7) is 2.42. The number of carbonyl (C=O) groups is 1. The molecule has 0 spiro atoms. The Balaban J connectivity index is 1.13. The molecule has 0 saturated carbocycles. The second kappa shape index (κ2) is 11.1. The molecule has 3 aromatic rings. The SMILES string of the molecule is C[C@@]12OC(=O)O[C@@H]1[C@@H](CO[P@@]1(=O)OCC[C@@H](c3cccc(Cl)c3)O1)O[C@H]2n1cnc2nc(N)nc(OC[C@@H]3CCCO3)c21. The highest BCUT2D eigenvalue weighted by Crippen LogP contribution is 2.58. The second-order valence-electron chi connectivity index (χ2n) is 10.8. The fraction of sp³-hybridized carbons (Fsp3) is 0.538. The summed E-state index contributed by atoms with van der Waals surface area (Å²) in [6.07, 6.45) is -0.623. The molecule has 4 fully saturated rings. The number of phosphoric ester groups is 1. The average Bonchev–Trinajstić information content (AvgIpc) is 3.75. The van der Waals surface area contributed by atoms with Crippen molar-refractivity contribution in [2.45, 2.75) is 62.4 Å². The van der Waals surface area contributed by atoms with Gasteiger partial charge in [0.1, 0.15) is 19.0 Å². The number of nitrogen functional groups attached to an aromatic ring is 1. The molecule has 7 atom stereocenters. The predicted octanol–water partition coefficient (Wildman–Crippen LogP) is 4.11. The van der Waals surface area contributed by atoms with Gasteiger partial charge in [-0.3, -0.25) is 18.1 Å². The van der Waals surface area contributed by atoms with Crippen LogP contribution in [0.25, 0.3) is 11.2 Å². The maximum absolute atomic E-state index is 13.5. The largest absolute Gasteiger partial charge is 0.509 e. The number of nitrogens with two attached hydrogens (primary N) is 1. The van der Waals surface area contributed by atoms with Crippen molar-refractivity contribution in [2.24, 2.45) is 0 Å². The third-order valence-electron chi connectivity index (χ3n) is 7.82. The highest BCUT2D eigenvalue weighted by Gasteiger charge is 2.64. The topological polar surface area (TPSA) is 178 Å². The van der Waals surface area contributed by atoms with E-state index in [-0.39, 0.29) is 43.4 Å². The number of phosphoric acid groups is 1. The van der Waals surface area contributed by atoms with Gasteiger partial charge in [0.05, 0.1) is 25.4 Å². The number of rotatable bonds is 8. The van der Waals surface area contributed by atoms with Gasteiger partial charge in [-0.05, 0) is 37.5 Å². The van der Waals surface area contributed by atoms with Gasteiger partial charge in [0.15, 0.2) is 29.1 Å². The lowest BCUT2D eigenvalue weighted by molar-refractivity contribution is -0.0925. The summed E-state index contributed by atoms with van der Waals surface area (Å²) in [5.74, 6) is 0.149. The van der Waals surface area contributed by atoms with Crippen molar-refractivity contribution < 1.29 is 46.6 Å². The smallest absolute Gasteiger partial charge is 0.473 e. The van der Waals surface area contributed by atoms with Gasteiger partial charge in [0, 0.05) is 18.1 Å². The van der Waals surface area contributed by atoms with E-state index in [0.29, 0.717) is 23.6 Å². The molecule has 0 unspecified atom stereocenters. The molecule has 0 aliphatic carbocycles. The molecule has 6 heterocycles. The molecule has 2 N–H and O–H groups in total. The first-order valence-corrected chi connectivity index (χ1v) is 15.7. The van der Waals surface area contributed by atoms with E-state index in [4.69, 9.17) is 54.6 Å². The first-order valence-electron chi connectivity index (χ1n) is 13.8. The molecule has 15 nitrogen and oxygen atoms in total. The Labute approximate surface area is 250 Å². The van der Waals surface area contributed by atoms with Gasteiger partial charge < -0.3 is 29.4 Å². The van der Waals surface area contributed by atoms with Gasteiger partial charge in [-0.1, -0.05) is 23.7 Å². The highest BCUT2D eigenvalue weighted by atomic mass is 35.5. The van der Waals surface area contributed by atoms with Gasteiger partial charge in [0.2, 0.25) is 11.8 Å². The van der Waals surface area contributed by atoms with E-state index in [1.165, 1.54) is 6.33 Å². The maximum atomic E-state index is 13.5. The van der Waals surface area contributed by atoms with Crippen LogP contribution >= 0.6 is 19.4 Å². The van der Waals surface area contributed by atoms with E-state index in [1.54, 1.807) is 29.7 Å². The molecular weight excluding hydrogens is 609 g/mol. The zero-order valence-electron chi connectivity index (χ0n) is 23.0. The quantitative estimate of drug-likeness (QED) is 0.275. The van der Waals surface area contributed by atoms with Gasteiger partial charge in [-0.25, -0.2) is 14.3 Å². The van der Waals surface area contributed by atoms with E-state index in [1.807, 2.05) is 6.07 Å². The summed E-state index contributed by atoms with van der Waals surface area (Å²) in [4.78, 5) is 25.2. The lowest BCUT2D eigenvalue weighted by Gasteiger charge is -2.30. The monoisotopic (exact) mass is 637 g/mol. The molecule has 43 heavy (non-hydrogen) atoms. The maximum Gasteiger partial charge on any atom is 0.509 e. The molecule has 1 aromatic carbocycles. The van der Waals surface area contributed by atoms with E-state index in [0.717, 1.165) is 18.4 Å². The summed E-state index contributed by atoms with van der Waals surface area (Å²) < 4.78 is 61.1. The molecule has 0 amide bonds. The molecule has 0 radical (unpaired) electrons. The third kappa shape index (κ3) is 5.43. The van der Waals surface area contributed by atoms with Gasteiger partial charge >= 0.3 is 14.0 Å². The number of fused-ring (bicyclic) bond motifs is 2. The lowest BCUT2D eigenvalue weighted by Crippen LogP contribution is -2.42. The van der Waals surface area contributed by atoms with Crippen LogP contribution in [0.1, 0.15) is 44.1 Å². The molecule has 2 aromatic heterocycles. The number of anilines is 1. The van der Waals surface area contributed by atoms with Gasteiger partial charge in [-0.15, -0.1) is 0 Å². The number of imidazole rings is 1. The molecule has 4 aliphatic heterocycles. The molecule has 4 aliphatic rings. The summed E-state index contributed by atoms with van der Waals surface area (Å²) in [5, 5.41) is 0.525. The number of aromatic nitrogens is 4. The minimum atomic E-state index is -4.02. The molecule has 17 heteroatoms. The Morgan fingerprint density at radius 1 is 1.23 bits per heavy atom. The van der Waals surface area contributed by atoms with Crippen LogP contribution in [0.15, 0.2) is 30.6 Å². The van der Waals surface area contributed by atoms with Crippen LogP contribution in [0.5, 0.6) is 5.88 Å². The molecule has 7 rings (SSSR count). The van der Waals surface area contributed by atoms with Crippen LogP contribution in [0.4, 0.5) is 10.7 Å². The standard InChI is InChI=1S/C26H29ClN5O10P/c1-26-20(40-25(33)41-26)18(12-38-43(34)37-9-7-17(42-43)14-4-2-5-15(27)10-14)39-23(26)32-13-29-21-19(32)22(31-24(28)30-21)36-11-16-6-3-8-35-16/h2,4-5,10,13,16-18,20,23H,3,6-9,11-12H2,1H3,(H2,28,30,31)/t16-,17-,18+,20+,23+,26+,43+/m0/s1. The number of halogens is 1. The Kier molecular flexibility index (Phi) is 7.45. The van der Waals surface area contributed by atoms with Crippen molar-refractivity contribution in [1.82, 2.24) is 19.5 Å². The van der Waals surface area contributed by atoms with E-state index in [2.05, 4.69) is 15.0 Å². The summed E-state index contributed by atoms with van der Waals surface area (Å²) in [7, 11) is -4.02. The number of hydrogen-bond acceptors (Lipinski definition) is 14. The van der Waals surface area contributed by atoms with Crippen molar-refractivity contribution >= 4 is 42.7 Å². The summed E-state index contributed by atoms with van der Waals surface area (Å²) >= 11 is 6.12. The van der Waals surface area contributed by atoms with Crippen molar-refractivity contribution in [3.63, 3.8) is 0 Å². The molecule has 230 valence electrons. The normalized spacial score (nSPS) is 33.8. The van der Waals surface area contributed by atoms with Crippen LogP contribution < -0.4 is 10.5 Å². The van der Waals surface area contributed by atoms with E-state index >= 15 is 0 Å². The lowest BCUT2D eigenvalue weighted by atomic mass is 9.96. The minimum Gasteiger partial charge on any atom is -0.473 e. The van der Waals surface area contributed by atoms with Crippen molar-refractivity contribution in [3.05, 3.63) is 41.2 Å². The third-order valence-corrected chi connectivity index (χ3v) is 9.53. The van der Waals surface area contributed by atoms with Crippen LogP contribution in [0.3, 0.4) is 0 Å². The van der Waals surface area contributed by atoms with Crippen molar-refractivity contribution in [2.75, 3.05) is 32.2 Å². The summed E-state index contributed by atoms with van der Waals surface area (Å²) in [5.41, 5.74) is 5.96. The molecule has 0 bridgehead atoms. The highest BCUT2D eigenvalue weighted by molar-refractivity contribution is 7.48. The molecular formula is C26H29ClN5O10P. The zero-order chi connectivity index (χ0) is 29.8. The fourth-order valence-corrected chi connectivity index (χ4v) is 7.38. The number of ether oxygens (including phenoxy) is 5. The first-order chi connectivity index (χ1) is 20.7. The van der Waals surface area contributed by atoms with Gasteiger partial charge in [0.25, 0.3) is 0 Å². The van der Waals surface area contributed by atoms with Crippen LogP contribution in [-0.2, 0) is 37.1 Å². The minimum absolute atomic E-state index is 0.0216. The van der Waals surface area contributed by atoms with E-state index in [9.17, 15) is 9.36 Å². The Morgan fingerprint density at radius 2 is 2.12 bits per heavy atom. The second-order valence-corrected chi connectivity index (χ2v) is 12.8. The summed E-state index contributed by atoms with van der Waals surface area (Å²) in [6, 6.07) is 7.07. The Bertz CT molecular complexity index is 1590. The van der Waals surface area contributed by atoms with Crippen molar-refractivity contribution in [1.29, 1.82) is 0 Å². The average molecular weight is 638 g/mol. The number of carbonyl (C=O) groups excluding carboxylic acids is 1. The first kappa shape index (κ1) is 28.7.